The number of pyridine rings is 1. The van der Waals surface area contributed by atoms with Gasteiger partial charge in [0.1, 0.15) is 5.69 Å². The number of benzene rings is 1. The van der Waals surface area contributed by atoms with Crippen LogP contribution in [0.4, 0.5) is 0 Å². The number of nitrogens with zero attached hydrogens (tertiary/aromatic N) is 2. The van der Waals surface area contributed by atoms with Crippen LogP contribution >= 0.6 is 11.8 Å². The van der Waals surface area contributed by atoms with Crippen LogP contribution in [0.5, 0.6) is 0 Å². The lowest BCUT2D eigenvalue weighted by molar-refractivity contribution is 0.299. The first-order valence-corrected chi connectivity index (χ1v) is 9.11. The van der Waals surface area contributed by atoms with E-state index >= 15 is 0 Å². The largest absolute Gasteiger partial charge is 0.396 e. The topological polar surface area (TPSA) is 78.9 Å². The molecule has 0 bridgehead atoms. The fourth-order valence-corrected chi connectivity index (χ4v) is 3.34. The zero-order valence-electron chi connectivity index (χ0n) is 14.2. The van der Waals surface area contributed by atoms with Crippen LogP contribution in [-0.4, -0.2) is 32.9 Å². The molecule has 0 amide bonds. The third-order valence-corrected chi connectivity index (χ3v) is 4.82. The van der Waals surface area contributed by atoms with Crippen molar-refractivity contribution >= 4 is 28.7 Å². The fourth-order valence-electron chi connectivity index (χ4n) is 2.80. The molecule has 3 rings (SSSR count). The highest BCUT2D eigenvalue weighted by Gasteiger charge is 2.12. The number of fused-ring (bicyclic) bond motifs is 1. The Balaban J connectivity index is 2.19. The van der Waals surface area contributed by atoms with Crippen LogP contribution in [0.3, 0.4) is 0 Å². The van der Waals surface area contributed by atoms with Crippen LogP contribution in [0.25, 0.3) is 28.5 Å². The lowest BCUT2D eigenvalue weighted by atomic mass is 10.0. The molecule has 0 saturated heterocycles. The van der Waals surface area contributed by atoms with Crippen molar-refractivity contribution < 1.29 is 5.11 Å². The molecule has 0 saturated carbocycles. The second kappa shape index (κ2) is 7.21. The predicted molar refractivity (Wildman–Crippen MR) is 103 cm³/mol. The van der Waals surface area contributed by atoms with E-state index in [-0.39, 0.29) is 12.2 Å². The zero-order valence-corrected chi connectivity index (χ0v) is 15.0. The first kappa shape index (κ1) is 17.4. The molecular weight excluding hydrogens is 334 g/mol. The van der Waals surface area contributed by atoms with Gasteiger partial charge in [0.2, 0.25) is 0 Å². The van der Waals surface area contributed by atoms with Gasteiger partial charge >= 0.3 is 0 Å². The molecule has 0 spiro atoms. The second-order valence-electron chi connectivity index (χ2n) is 5.71. The average Bonchev–Trinajstić information content (AvgIpc) is 2.62. The van der Waals surface area contributed by atoms with E-state index in [9.17, 15) is 4.79 Å². The number of H-pyrrole nitrogens is 1. The van der Waals surface area contributed by atoms with Gasteiger partial charge in [-0.2, -0.15) is 0 Å². The van der Waals surface area contributed by atoms with Crippen molar-refractivity contribution in [3.05, 3.63) is 58.0 Å². The number of aryl methyl sites for hydroxylation is 1. The molecule has 5 nitrogen and oxygen atoms in total. The summed E-state index contributed by atoms with van der Waals surface area (Å²) in [5.74, 6) is 0.436. The Morgan fingerprint density at radius 2 is 2.16 bits per heavy atom. The van der Waals surface area contributed by atoms with Crippen LogP contribution in [0, 0.1) is 6.92 Å². The van der Waals surface area contributed by atoms with Gasteiger partial charge in [-0.3, -0.25) is 9.78 Å². The molecule has 0 atom stereocenters. The Morgan fingerprint density at radius 3 is 2.84 bits per heavy atom. The summed E-state index contributed by atoms with van der Waals surface area (Å²) in [5.41, 5.74) is 3.82. The lowest BCUT2D eigenvalue weighted by Crippen LogP contribution is -2.11. The maximum absolute atomic E-state index is 12.5. The van der Waals surface area contributed by atoms with Crippen LogP contribution in [0.2, 0.25) is 0 Å². The maximum Gasteiger partial charge on any atom is 0.259 e. The summed E-state index contributed by atoms with van der Waals surface area (Å²) >= 11 is 1.59. The van der Waals surface area contributed by atoms with Gasteiger partial charge in [0.25, 0.3) is 5.56 Å². The van der Waals surface area contributed by atoms with Gasteiger partial charge in [0, 0.05) is 17.7 Å². The molecule has 0 aliphatic heterocycles. The minimum absolute atomic E-state index is 0.0460. The second-order valence-corrected chi connectivity index (χ2v) is 6.56. The molecule has 128 valence electrons. The number of thioether (sulfide) groups is 1. The van der Waals surface area contributed by atoms with Crippen molar-refractivity contribution in [1.29, 1.82) is 0 Å². The number of aromatic nitrogens is 3. The third kappa shape index (κ3) is 3.36. The van der Waals surface area contributed by atoms with E-state index in [0.717, 1.165) is 21.6 Å². The van der Waals surface area contributed by atoms with Gasteiger partial charge < -0.3 is 10.1 Å². The van der Waals surface area contributed by atoms with Crippen molar-refractivity contribution in [2.24, 2.45) is 0 Å². The number of aliphatic hydroxyl groups is 1. The predicted octanol–water partition coefficient (Wildman–Crippen LogP) is 3.19. The van der Waals surface area contributed by atoms with Gasteiger partial charge in [0.15, 0.2) is 5.82 Å². The van der Waals surface area contributed by atoms with Crippen LogP contribution < -0.4 is 5.56 Å². The molecule has 25 heavy (non-hydrogen) atoms. The van der Waals surface area contributed by atoms with Crippen LogP contribution in [0.1, 0.15) is 16.7 Å². The van der Waals surface area contributed by atoms with Crippen molar-refractivity contribution in [2.75, 3.05) is 12.9 Å². The van der Waals surface area contributed by atoms with Crippen molar-refractivity contribution in [3.8, 4) is 11.5 Å². The summed E-state index contributed by atoms with van der Waals surface area (Å²) in [5, 5.41) is 9.64. The van der Waals surface area contributed by atoms with Crippen molar-refractivity contribution in [3.63, 3.8) is 0 Å². The number of hydrogen-bond donors (Lipinski definition) is 2. The van der Waals surface area contributed by atoms with Crippen molar-refractivity contribution in [2.45, 2.75) is 18.2 Å². The summed E-state index contributed by atoms with van der Waals surface area (Å²) in [4.78, 5) is 25.4. The monoisotopic (exact) mass is 353 g/mol. The van der Waals surface area contributed by atoms with Gasteiger partial charge in [-0.25, -0.2) is 4.98 Å². The molecule has 2 heterocycles. The minimum atomic E-state index is -0.209. The Bertz CT molecular complexity index is 1010. The average molecular weight is 353 g/mol. The molecule has 6 heteroatoms. The third-order valence-electron chi connectivity index (χ3n) is 4.04. The molecular formula is C19H19N3O2S. The standard InChI is InChI=1S/C19H19N3O2S/c1-4-13-9-15(20-10-16(13)25-3)18-21-17-11(2)7-12(5-6-23)8-14(17)19(24)22-18/h4,7-10,23H,1,5-6H2,2-3H3,(H,21,22,24). The first-order chi connectivity index (χ1) is 12.1. The molecule has 2 aromatic heterocycles. The van der Waals surface area contributed by atoms with Crippen LogP contribution in [-0.2, 0) is 6.42 Å². The Labute approximate surface area is 149 Å². The van der Waals surface area contributed by atoms with Gasteiger partial charge in [0.05, 0.1) is 10.9 Å². The molecule has 0 radical (unpaired) electrons. The van der Waals surface area contributed by atoms with E-state index in [1.54, 1.807) is 30.1 Å². The summed E-state index contributed by atoms with van der Waals surface area (Å²) < 4.78 is 0. The Hall–Kier alpha value is -2.44. The maximum atomic E-state index is 12.5. The smallest absolute Gasteiger partial charge is 0.259 e. The highest BCUT2D eigenvalue weighted by molar-refractivity contribution is 7.98. The molecule has 0 unspecified atom stereocenters. The van der Waals surface area contributed by atoms with E-state index in [1.165, 1.54) is 0 Å². The molecule has 0 aliphatic carbocycles. The van der Waals surface area contributed by atoms with E-state index in [0.29, 0.717) is 28.8 Å². The normalized spacial score (nSPS) is 11.0. The highest BCUT2D eigenvalue weighted by atomic mass is 32.2. The van der Waals surface area contributed by atoms with Crippen molar-refractivity contribution in [1.82, 2.24) is 15.0 Å². The summed E-state index contributed by atoms with van der Waals surface area (Å²) in [7, 11) is 0. The lowest BCUT2D eigenvalue weighted by Gasteiger charge is -2.09. The Kier molecular flexibility index (Phi) is 5.01. The molecule has 2 N–H and O–H groups in total. The van der Waals surface area contributed by atoms with Gasteiger partial charge in [-0.15, -0.1) is 11.8 Å². The minimum Gasteiger partial charge on any atom is -0.396 e. The van der Waals surface area contributed by atoms with E-state index in [2.05, 4.69) is 21.5 Å². The fraction of sp³-hybridized carbons (Fsp3) is 0.211. The summed E-state index contributed by atoms with van der Waals surface area (Å²) in [6.45, 7) is 5.79. The molecule has 0 aliphatic rings. The zero-order chi connectivity index (χ0) is 18.0. The SMILES string of the molecule is C=Cc1cc(-c2nc3c(C)cc(CCO)cc3c(=O)[nH]2)ncc1SC. The Morgan fingerprint density at radius 1 is 1.36 bits per heavy atom. The number of aliphatic hydroxyl groups excluding tert-OH is 1. The molecule has 1 aromatic carbocycles. The van der Waals surface area contributed by atoms with E-state index < -0.39 is 0 Å². The number of nitrogens with one attached hydrogen (secondary N) is 1. The summed E-state index contributed by atoms with van der Waals surface area (Å²) in [6, 6.07) is 5.61. The summed E-state index contributed by atoms with van der Waals surface area (Å²) in [6.07, 6.45) is 6.02. The van der Waals surface area contributed by atoms with Crippen LogP contribution in [0.15, 0.2) is 40.7 Å². The number of rotatable bonds is 5. The van der Waals surface area contributed by atoms with Gasteiger partial charge in [-0.1, -0.05) is 18.7 Å². The highest BCUT2D eigenvalue weighted by Crippen LogP contribution is 2.25. The van der Waals surface area contributed by atoms with E-state index in [1.807, 2.05) is 25.3 Å². The van der Waals surface area contributed by atoms with Gasteiger partial charge in [-0.05, 0) is 48.4 Å². The number of hydrogen-bond acceptors (Lipinski definition) is 5. The first-order valence-electron chi connectivity index (χ1n) is 7.88. The number of aromatic amines is 1. The quantitative estimate of drug-likeness (QED) is 0.689. The van der Waals surface area contributed by atoms with E-state index in [4.69, 9.17) is 5.11 Å². The molecule has 0 fully saturated rings. The molecule has 3 aromatic rings.